The van der Waals surface area contributed by atoms with Crippen molar-refractivity contribution >= 4 is 12.1 Å². The van der Waals surface area contributed by atoms with Gasteiger partial charge in [0.25, 0.3) is 5.91 Å². The van der Waals surface area contributed by atoms with E-state index in [2.05, 4.69) is 10.5 Å². The Bertz CT molecular complexity index is 796. The lowest BCUT2D eigenvalue weighted by Crippen LogP contribution is -2.17. The first-order valence-electron chi connectivity index (χ1n) is 8.38. The molecule has 0 aliphatic heterocycles. The number of rotatable bonds is 8. The molecule has 7 heteroatoms. The number of carbonyl (C=O) groups is 1. The SMILES string of the molecule is COc1cc(OC)cc(C(=O)NN=Cc2ccc(OC(C)C)c(OC)c2)c1. The van der Waals surface area contributed by atoms with Gasteiger partial charge in [0.15, 0.2) is 11.5 Å². The Morgan fingerprint density at radius 1 is 0.963 bits per heavy atom. The highest BCUT2D eigenvalue weighted by molar-refractivity contribution is 5.95. The Labute approximate surface area is 158 Å². The van der Waals surface area contributed by atoms with Crippen LogP contribution in [0, 0.1) is 0 Å². The Morgan fingerprint density at radius 2 is 1.63 bits per heavy atom. The second-order valence-electron chi connectivity index (χ2n) is 5.88. The predicted molar refractivity (Wildman–Crippen MR) is 103 cm³/mol. The first kappa shape index (κ1) is 20.1. The molecule has 27 heavy (non-hydrogen) atoms. The molecule has 0 aliphatic rings. The van der Waals surface area contributed by atoms with E-state index in [0.717, 1.165) is 5.56 Å². The number of nitrogens with zero attached hydrogens (tertiary/aromatic N) is 1. The van der Waals surface area contributed by atoms with Crippen LogP contribution in [0.4, 0.5) is 0 Å². The molecule has 2 rings (SSSR count). The number of carbonyl (C=O) groups excluding carboxylic acids is 1. The summed E-state index contributed by atoms with van der Waals surface area (Å²) in [6.07, 6.45) is 1.56. The summed E-state index contributed by atoms with van der Waals surface area (Å²) in [7, 11) is 4.62. The van der Waals surface area contributed by atoms with Crippen molar-refractivity contribution in [1.82, 2.24) is 5.43 Å². The summed E-state index contributed by atoms with van der Waals surface area (Å²) in [4.78, 5) is 12.3. The van der Waals surface area contributed by atoms with Crippen LogP contribution in [0.25, 0.3) is 0 Å². The van der Waals surface area contributed by atoms with Gasteiger partial charge in [-0.15, -0.1) is 0 Å². The number of hydrogen-bond acceptors (Lipinski definition) is 6. The minimum Gasteiger partial charge on any atom is -0.497 e. The van der Waals surface area contributed by atoms with Crippen molar-refractivity contribution in [3.05, 3.63) is 47.5 Å². The maximum Gasteiger partial charge on any atom is 0.271 e. The number of hydrazone groups is 1. The van der Waals surface area contributed by atoms with Gasteiger partial charge in [-0.3, -0.25) is 4.79 Å². The quantitative estimate of drug-likeness (QED) is 0.568. The van der Waals surface area contributed by atoms with E-state index in [4.69, 9.17) is 18.9 Å². The van der Waals surface area contributed by atoms with Crippen LogP contribution in [0.15, 0.2) is 41.5 Å². The van der Waals surface area contributed by atoms with Gasteiger partial charge < -0.3 is 18.9 Å². The number of hydrogen-bond donors (Lipinski definition) is 1. The lowest BCUT2D eigenvalue weighted by Gasteiger charge is -2.13. The van der Waals surface area contributed by atoms with E-state index in [1.165, 1.54) is 20.4 Å². The summed E-state index contributed by atoms with van der Waals surface area (Å²) in [6.45, 7) is 3.88. The van der Waals surface area contributed by atoms with Gasteiger partial charge in [-0.2, -0.15) is 5.10 Å². The first-order chi connectivity index (χ1) is 13.0. The topological polar surface area (TPSA) is 78.4 Å². The minimum atomic E-state index is -0.379. The maximum absolute atomic E-state index is 12.3. The van der Waals surface area contributed by atoms with Gasteiger partial charge in [-0.25, -0.2) is 5.43 Å². The summed E-state index contributed by atoms with van der Waals surface area (Å²) < 4.78 is 21.3. The molecule has 0 saturated heterocycles. The van der Waals surface area contributed by atoms with Crippen molar-refractivity contribution < 1.29 is 23.7 Å². The molecule has 0 saturated carbocycles. The van der Waals surface area contributed by atoms with Crippen molar-refractivity contribution in [2.45, 2.75) is 20.0 Å². The summed E-state index contributed by atoms with van der Waals surface area (Å²) >= 11 is 0. The standard InChI is InChI=1S/C20H24N2O5/c1-13(2)27-18-7-6-14(8-19(18)26-5)12-21-22-20(23)15-9-16(24-3)11-17(10-15)25-4/h6-13H,1-5H3,(H,22,23). The smallest absolute Gasteiger partial charge is 0.271 e. The van der Waals surface area contributed by atoms with Crippen LogP contribution in [-0.2, 0) is 0 Å². The van der Waals surface area contributed by atoms with Crippen LogP contribution in [0.3, 0.4) is 0 Å². The van der Waals surface area contributed by atoms with E-state index in [9.17, 15) is 4.79 Å². The van der Waals surface area contributed by atoms with E-state index >= 15 is 0 Å². The second-order valence-corrected chi connectivity index (χ2v) is 5.88. The maximum atomic E-state index is 12.3. The number of amides is 1. The monoisotopic (exact) mass is 372 g/mol. The van der Waals surface area contributed by atoms with Crippen LogP contribution in [0.1, 0.15) is 29.8 Å². The molecule has 0 aliphatic carbocycles. The van der Waals surface area contributed by atoms with Crippen molar-refractivity contribution in [3.8, 4) is 23.0 Å². The molecular formula is C20H24N2O5. The highest BCUT2D eigenvalue weighted by atomic mass is 16.5. The van der Waals surface area contributed by atoms with Crippen LogP contribution in [-0.4, -0.2) is 39.6 Å². The molecule has 0 atom stereocenters. The van der Waals surface area contributed by atoms with Gasteiger partial charge in [-0.1, -0.05) is 0 Å². The summed E-state index contributed by atoms with van der Waals surface area (Å²) in [5.74, 6) is 1.91. The van der Waals surface area contributed by atoms with E-state index < -0.39 is 0 Å². The van der Waals surface area contributed by atoms with Crippen LogP contribution >= 0.6 is 0 Å². The van der Waals surface area contributed by atoms with Crippen molar-refractivity contribution in [1.29, 1.82) is 0 Å². The van der Waals surface area contributed by atoms with E-state index in [1.807, 2.05) is 19.9 Å². The second kappa shape index (κ2) is 9.47. The predicted octanol–water partition coefficient (Wildman–Crippen LogP) is 3.26. The first-order valence-corrected chi connectivity index (χ1v) is 8.38. The third-order valence-electron chi connectivity index (χ3n) is 3.54. The summed E-state index contributed by atoms with van der Waals surface area (Å²) in [6, 6.07) is 10.3. The summed E-state index contributed by atoms with van der Waals surface area (Å²) in [5.41, 5.74) is 3.61. The number of ether oxygens (including phenoxy) is 4. The fourth-order valence-electron chi connectivity index (χ4n) is 2.28. The molecule has 7 nitrogen and oxygen atoms in total. The lowest BCUT2D eigenvalue weighted by molar-refractivity contribution is 0.0954. The zero-order valence-electron chi connectivity index (χ0n) is 16.1. The largest absolute Gasteiger partial charge is 0.497 e. The molecule has 1 N–H and O–H groups in total. The van der Waals surface area contributed by atoms with Gasteiger partial charge in [-0.05, 0) is 49.7 Å². The van der Waals surface area contributed by atoms with Gasteiger partial charge in [0.1, 0.15) is 11.5 Å². The van der Waals surface area contributed by atoms with Gasteiger partial charge in [0.2, 0.25) is 0 Å². The molecule has 0 bridgehead atoms. The zero-order chi connectivity index (χ0) is 19.8. The fraction of sp³-hybridized carbons (Fsp3) is 0.300. The van der Waals surface area contributed by atoms with Crippen molar-refractivity contribution in [2.75, 3.05) is 21.3 Å². The number of methoxy groups -OCH3 is 3. The van der Waals surface area contributed by atoms with Gasteiger partial charge in [0, 0.05) is 11.6 Å². The van der Waals surface area contributed by atoms with Crippen LogP contribution in [0.2, 0.25) is 0 Å². The van der Waals surface area contributed by atoms with Gasteiger partial charge >= 0.3 is 0 Å². The molecule has 0 radical (unpaired) electrons. The Morgan fingerprint density at radius 3 is 2.19 bits per heavy atom. The molecule has 0 fully saturated rings. The average molecular weight is 372 g/mol. The molecule has 2 aromatic rings. The average Bonchev–Trinajstić information content (AvgIpc) is 2.67. The fourth-order valence-corrected chi connectivity index (χ4v) is 2.28. The normalized spacial score (nSPS) is 10.7. The molecule has 2 aromatic carbocycles. The van der Waals surface area contributed by atoms with Gasteiger partial charge in [0.05, 0.1) is 33.6 Å². The molecule has 144 valence electrons. The molecular weight excluding hydrogens is 348 g/mol. The van der Waals surface area contributed by atoms with E-state index in [0.29, 0.717) is 28.6 Å². The molecule has 0 aromatic heterocycles. The zero-order valence-corrected chi connectivity index (χ0v) is 16.1. The lowest BCUT2D eigenvalue weighted by atomic mass is 10.2. The summed E-state index contributed by atoms with van der Waals surface area (Å²) in [5, 5.41) is 3.99. The molecule has 0 spiro atoms. The minimum absolute atomic E-state index is 0.0394. The Kier molecular flexibility index (Phi) is 7.05. The van der Waals surface area contributed by atoms with E-state index in [1.54, 1.807) is 37.4 Å². The van der Waals surface area contributed by atoms with Crippen LogP contribution in [0.5, 0.6) is 23.0 Å². The van der Waals surface area contributed by atoms with Crippen molar-refractivity contribution in [3.63, 3.8) is 0 Å². The number of nitrogens with one attached hydrogen (secondary N) is 1. The van der Waals surface area contributed by atoms with E-state index in [-0.39, 0.29) is 12.0 Å². The molecule has 1 amide bonds. The Hall–Kier alpha value is -3.22. The Balaban J connectivity index is 2.09. The third-order valence-corrected chi connectivity index (χ3v) is 3.54. The van der Waals surface area contributed by atoms with Crippen molar-refractivity contribution in [2.24, 2.45) is 5.10 Å². The highest BCUT2D eigenvalue weighted by Crippen LogP contribution is 2.28. The molecule has 0 unspecified atom stereocenters. The number of benzene rings is 2. The highest BCUT2D eigenvalue weighted by Gasteiger charge is 2.10. The van der Waals surface area contributed by atoms with Crippen LogP contribution < -0.4 is 24.4 Å². The molecule has 0 heterocycles. The third kappa shape index (κ3) is 5.64.